The van der Waals surface area contributed by atoms with E-state index in [1.807, 2.05) is 25.1 Å². The first kappa shape index (κ1) is 25.8. The molecule has 2 aromatic carbocycles. The first-order valence-corrected chi connectivity index (χ1v) is 12.5. The molecule has 2 rings (SSSR count). The van der Waals surface area contributed by atoms with Gasteiger partial charge in [0.05, 0.1) is 0 Å². The van der Waals surface area contributed by atoms with Crippen LogP contribution in [0, 0.1) is 5.92 Å². The molecule has 2 atom stereocenters. The van der Waals surface area contributed by atoms with E-state index in [4.69, 9.17) is 0 Å². The maximum Gasteiger partial charge on any atom is 0.326 e. The van der Waals surface area contributed by atoms with E-state index >= 15 is 0 Å². The molecule has 0 radical (unpaired) electrons. The zero-order valence-corrected chi connectivity index (χ0v) is 20.2. The summed E-state index contributed by atoms with van der Waals surface area (Å²) in [4.78, 5) is 38.2. The maximum absolute atomic E-state index is 12.4. The first-order valence-electron chi connectivity index (χ1n) is 10.4. The number of hydrogen-bond donors (Lipinski definition) is 2. The molecular weight excluding hydrogens is 444 g/mol. The van der Waals surface area contributed by atoms with Gasteiger partial charge in [0.2, 0.25) is 11.0 Å². The van der Waals surface area contributed by atoms with Crippen molar-refractivity contribution in [1.82, 2.24) is 5.32 Å². The highest BCUT2D eigenvalue weighted by Crippen LogP contribution is 2.19. The van der Waals surface area contributed by atoms with E-state index in [9.17, 15) is 19.5 Å². The van der Waals surface area contributed by atoms with E-state index in [1.165, 1.54) is 5.56 Å². The van der Waals surface area contributed by atoms with Crippen LogP contribution in [0.1, 0.15) is 29.3 Å². The predicted octanol–water partition coefficient (Wildman–Crippen LogP) is 4.16. The van der Waals surface area contributed by atoms with Gasteiger partial charge in [-0.05, 0) is 29.9 Å². The van der Waals surface area contributed by atoms with Gasteiger partial charge >= 0.3 is 5.97 Å². The molecule has 32 heavy (non-hydrogen) atoms. The Hall–Kier alpha value is -2.45. The summed E-state index contributed by atoms with van der Waals surface area (Å²) >= 11 is 2.71. The number of hydrogen-bond acceptors (Lipinski definition) is 6. The van der Waals surface area contributed by atoms with Crippen LogP contribution in [0.5, 0.6) is 0 Å². The molecule has 2 aromatic rings. The van der Waals surface area contributed by atoms with Crippen LogP contribution in [-0.4, -0.2) is 53.7 Å². The van der Waals surface area contributed by atoms with Gasteiger partial charge in [0.1, 0.15) is 6.04 Å². The molecule has 0 heterocycles. The number of amides is 1. The van der Waals surface area contributed by atoms with E-state index in [0.717, 1.165) is 23.2 Å². The molecule has 0 aliphatic rings. The molecule has 0 saturated heterocycles. The number of benzene rings is 2. The fourth-order valence-electron chi connectivity index (χ4n) is 2.79. The van der Waals surface area contributed by atoms with E-state index in [0.29, 0.717) is 23.5 Å². The van der Waals surface area contributed by atoms with Gasteiger partial charge in [-0.1, -0.05) is 61.2 Å². The number of carboxylic acids is 1. The molecule has 0 spiro atoms. The fourth-order valence-corrected chi connectivity index (χ4v) is 4.62. The zero-order chi connectivity index (χ0) is 23.5. The Bertz CT molecular complexity index is 889. The van der Waals surface area contributed by atoms with Crippen LogP contribution in [0.4, 0.5) is 5.69 Å². The normalized spacial score (nSPS) is 12.6. The second-order valence-electron chi connectivity index (χ2n) is 7.67. The van der Waals surface area contributed by atoms with E-state index in [2.05, 4.69) is 29.6 Å². The summed E-state index contributed by atoms with van der Waals surface area (Å²) in [5.74, 6) is -0.184. The summed E-state index contributed by atoms with van der Waals surface area (Å²) in [5.41, 5.74) is 2.89. The van der Waals surface area contributed by atoms with Crippen LogP contribution in [-0.2, 0) is 15.3 Å². The van der Waals surface area contributed by atoms with Crippen molar-refractivity contribution in [3.05, 3.63) is 65.7 Å². The zero-order valence-electron chi connectivity index (χ0n) is 18.6. The minimum absolute atomic E-state index is 0.102. The SMILES string of the molecule is C[C@H](CSC(=O)c1ccccc1)C(=O)N[C@@H](CCSCc1ccc(N(C)C)cc1)C(=O)O. The Morgan fingerprint density at radius 3 is 2.28 bits per heavy atom. The van der Waals surface area contributed by atoms with Crippen LogP contribution < -0.4 is 10.2 Å². The van der Waals surface area contributed by atoms with Crippen molar-refractivity contribution in [1.29, 1.82) is 0 Å². The third kappa shape index (κ3) is 8.59. The van der Waals surface area contributed by atoms with Crippen molar-refractivity contribution in [3.8, 4) is 0 Å². The van der Waals surface area contributed by atoms with Gasteiger partial charge in [0, 0.05) is 42.8 Å². The average Bonchev–Trinajstić information content (AvgIpc) is 2.79. The molecule has 2 N–H and O–H groups in total. The molecule has 0 aromatic heterocycles. The fraction of sp³-hybridized carbons (Fsp3) is 0.375. The molecule has 1 amide bonds. The third-order valence-corrected chi connectivity index (χ3v) is 7.03. The molecule has 172 valence electrons. The quantitative estimate of drug-likeness (QED) is 0.447. The number of thioether (sulfide) groups is 2. The molecule has 6 nitrogen and oxygen atoms in total. The molecule has 0 aliphatic carbocycles. The highest BCUT2D eigenvalue weighted by Gasteiger charge is 2.23. The van der Waals surface area contributed by atoms with Gasteiger partial charge in [-0.25, -0.2) is 4.79 Å². The summed E-state index contributed by atoms with van der Waals surface area (Å²) < 4.78 is 0. The second kappa shape index (κ2) is 13.2. The number of nitrogens with one attached hydrogen (secondary N) is 1. The van der Waals surface area contributed by atoms with Crippen LogP contribution in [0.3, 0.4) is 0 Å². The van der Waals surface area contributed by atoms with Crippen molar-refractivity contribution in [2.75, 3.05) is 30.5 Å². The topological polar surface area (TPSA) is 86.7 Å². The third-order valence-electron chi connectivity index (χ3n) is 4.81. The van der Waals surface area contributed by atoms with E-state index in [1.54, 1.807) is 43.0 Å². The Kier molecular flexibility index (Phi) is 10.6. The lowest BCUT2D eigenvalue weighted by atomic mass is 10.1. The largest absolute Gasteiger partial charge is 0.480 e. The molecular formula is C24H30N2O4S2. The van der Waals surface area contributed by atoms with Crippen LogP contribution in [0.15, 0.2) is 54.6 Å². The molecule has 8 heteroatoms. The van der Waals surface area contributed by atoms with Gasteiger partial charge in [-0.3, -0.25) is 9.59 Å². The van der Waals surface area contributed by atoms with Crippen LogP contribution >= 0.6 is 23.5 Å². The Morgan fingerprint density at radius 2 is 1.69 bits per heavy atom. The summed E-state index contributed by atoms with van der Waals surface area (Å²) in [6.07, 6.45) is 0.338. The minimum atomic E-state index is -1.05. The predicted molar refractivity (Wildman–Crippen MR) is 134 cm³/mol. The molecule has 0 saturated carbocycles. The van der Waals surface area contributed by atoms with Crippen molar-refractivity contribution < 1.29 is 19.5 Å². The molecule has 0 bridgehead atoms. The van der Waals surface area contributed by atoms with Gasteiger partial charge < -0.3 is 15.3 Å². The van der Waals surface area contributed by atoms with Gasteiger partial charge in [-0.2, -0.15) is 11.8 Å². The number of carbonyl (C=O) groups is 3. The van der Waals surface area contributed by atoms with Gasteiger partial charge in [0.25, 0.3) is 0 Å². The number of carbonyl (C=O) groups excluding carboxylic acids is 2. The number of anilines is 1. The summed E-state index contributed by atoms with van der Waals surface area (Å²) in [6.45, 7) is 1.70. The average molecular weight is 475 g/mol. The summed E-state index contributed by atoms with van der Waals surface area (Å²) in [5, 5.41) is 12.0. The van der Waals surface area contributed by atoms with Crippen molar-refractivity contribution in [3.63, 3.8) is 0 Å². The Morgan fingerprint density at radius 1 is 1.03 bits per heavy atom. The molecule has 0 fully saturated rings. The number of carboxylic acid groups (broad SMARTS) is 1. The minimum Gasteiger partial charge on any atom is -0.480 e. The Balaban J connectivity index is 1.74. The van der Waals surface area contributed by atoms with Crippen LogP contribution in [0.2, 0.25) is 0 Å². The lowest BCUT2D eigenvalue weighted by Gasteiger charge is -2.17. The van der Waals surface area contributed by atoms with Crippen molar-refractivity contribution in [2.24, 2.45) is 5.92 Å². The lowest BCUT2D eigenvalue weighted by Crippen LogP contribution is -2.44. The van der Waals surface area contributed by atoms with Gasteiger partial charge in [-0.15, -0.1) is 0 Å². The smallest absolute Gasteiger partial charge is 0.326 e. The molecule has 0 aliphatic heterocycles. The van der Waals surface area contributed by atoms with Crippen molar-refractivity contribution in [2.45, 2.75) is 25.1 Å². The highest BCUT2D eigenvalue weighted by molar-refractivity contribution is 8.14. The maximum atomic E-state index is 12.4. The van der Waals surface area contributed by atoms with Gasteiger partial charge in [0.15, 0.2) is 0 Å². The number of aliphatic carboxylic acids is 1. The monoisotopic (exact) mass is 474 g/mol. The lowest BCUT2D eigenvalue weighted by molar-refractivity contribution is -0.142. The first-order chi connectivity index (χ1) is 15.3. The second-order valence-corrected chi connectivity index (χ2v) is 9.77. The van der Waals surface area contributed by atoms with E-state index in [-0.39, 0.29) is 11.0 Å². The van der Waals surface area contributed by atoms with Crippen LogP contribution in [0.25, 0.3) is 0 Å². The summed E-state index contributed by atoms with van der Waals surface area (Å²) in [7, 11) is 3.98. The molecule has 0 unspecified atom stereocenters. The number of rotatable bonds is 12. The van der Waals surface area contributed by atoms with E-state index < -0.39 is 17.9 Å². The Labute approximate surface area is 198 Å². The highest BCUT2D eigenvalue weighted by atomic mass is 32.2. The standard InChI is InChI=1S/C24H30N2O4S2/c1-17(15-32-24(30)19-7-5-4-6-8-19)22(27)25-21(23(28)29)13-14-31-16-18-9-11-20(12-10-18)26(2)3/h4-12,17,21H,13-16H2,1-3H3,(H,25,27)(H,28,29)/t17-,21+/m1/s1. The number of nitrogens with zero attached hydrogens (tertiary/aromatic N) is 1. The van der Waals surface area contributed by atoms with Crippen molar-refractivity contribution >= 4 is 46.2 Å². The summed E-state index contributed by atoms with van der Waals surface area (Å²) in [6, 6.07) is 16.2.